The van der Waals surface area contributed by atoms with Gasteiger partial charge in [0, 0.05) is 11.3 Å². The molecule has 13 heavy (non-hydrogen) atoms. The van der Waals surface area contributed by atoms with Crippen LogP contribution in [0, 0.1) is 13.8 Å². The average molecular weight is 177 g/mol. The zero-order chi connectivity index (χ0) is 9.59. The van der Waals surface area contributed by atoms with Crippen molar-refractivity contribution in [1.29, 1.82) is 0 Å². The third kappa shape index (κ3) is 0.967. The molecule has 0 fully saturated rings. The van der Waals surface area contributed by atoms with E-state index in [9.17, 15) is 5.11 Å². The first kappa shape index (κ1) is 7.98. The number of hydrogen-bond donors (Lipinski definition) is 2. The number of aryl methyl sites for hydroxylation is 2. The van der Waals surface area contributed by atoms with E-state index in [0.717, 1.165) is 16.7 Å². The summed E-state index contributed by atoms with van der Waals surface area (Å²) < 4.78 is 5.38. The zero-order valence-electron chi connectivity index (χ0n) is 7.59. The summed E-state index contributed by atoms with van der Waals surface area (Å²) in [6, 6.07) is 3.22. The van der Waals surface area contributed by atoms with Gasteiger partial charge in [0.2, 0.25) is 0 Å². The number of nitrogen functional groups attached to an aromatic ring is 1. The van der Waals surface area contributed by atoms with E-state index in [2.05, 4.69) is 0 Å². The first-order valence-corrected chi connectivity index (χ1v) is 4.08. The van der Waals surface area contributed by atoms with Crippen molar-refractivity contribution in [3.05, 3.63) is 23.5 Å². The van der Waals surface area contributed by atoms with Gasteiger partial charge in [-0.1, -0.05) is 0 Å². The lowest BCUT2D eigenvalue weighted by atomic mass is 10.1. The molecule has 0 spiro atoms. The second kappa shape index (κ2) is 2.42. The van der Waals surface area contributed by atoms with E-state index >= 15 is 0 Å². The lowest BCUT2D eigenvalue weighted by molar-refractivity contribution is 0.461. The number of benzene rings is 1. The maximum absolute atomic E-state index is 9.48. The minimum absolute atomic E-state index is 0.139. The summed E-state index contributed by atoms with van der Waals surface area (Å²) in [5.41, 5.74) is 7.88. The molecule has 0 amide bonds. The molecule has 3 N–H and O–H groups in total. The first-order chi connectivity index (χ1) is 6.11. The largest absolute Gasteiger partial charge is 0.504 e. The Hall–Kier alpha value is -1.64. The Morgan fingerprint density at radius 3 is 2.62 bits per heavy atom. The molecule has 1 aromatic carbocycles. The van der Waals surface area contributed by atoms with E-state index in [1.807, 2.05) is 13.8 Å². The van der Waals surface area contributed by atoms with Crippen LogP contribution in [0.2, 0.25) is 0 Å². The predicted octanol–water partition coefficient (Wildman–Crippen LogP) is 2.34. The summed E-state index contributed by atoms with van der Waals surface area (Å²) in [4.78, 5) is 0. The maximum atomic E-state index is 9.48. The summed E-state index contributed by atoms with van der Waals surface area (Å²) in [5, 5.41) is 10.3. The van der Waals surface area contributed by atoms with Gasteiger partial charge in [0.15, 0.2) is 11.3 Å². The molecule has 2 rings (SSSR count). The highest BCUT2D eigenvalue weighted by Crippen LogP contribution is 2.35. The number of nitrogens with two attached hydrogens (primary N) is 1. The van der Waals surface area contributed by atoms with Crippen LogP contribution in [-0.4, -0.2) is 5.11 Å². The summed E-state index contributed by atoms with van der Waals surface area (Å²) in [5.74, 6) is 0.934. The van der Waals surface area contributed by atoms with Gasteiger partial charge in [-0.3, -0.25) is 0 Å². The number of phenols is 1. The number of anilines is 1. The van der Waals surface area contributed by atoms with Crippen molar-refractivity contribution in [3.63, 3.8) is 0 Å². The molecule has 0 aliphatic heterocycles. The smallest absolute Gasteiger partial charge is 0.178 e. The normalized spacial score (nSPS) is 10.9. The minimum atomic E-state index is 0.139. The Balaban J connectivity index is 3.00. The molecule has 3 heteroatoms. The fourth-order valence-corrected chi connectivity index (χ4v) is 1.48. The monoisotopic (exact) mass is 177 g/mol. The summed E-state index contributed by atoms with van der Waals surface area (Å²) in [7, 11) is 0. The molecule has 0 radical (unpaired) electrons. The zero-order valence-corrected chi connectivity index (χ0v) is 7.59. The molecule has 1 aromatic heterocycles. The van der Waals surface area contributed by atoms with Gasteiger partial charge < -0.3 is 15.3 Å². The molecule has 0 saturated carbocycles. The Labute approximate surface area is 75.8 Å². The van der Waals surface area contributed by atoms with Crippen LogP contribution in [0.1, 0.15) is 11.3 Å². The predicted molar refractivity (Wildman–Crippen MR) is 51.8 cm³/mol. The lowest BCUT2D eigenvalue weighted by Crippen LogP contribution is -1.85. The van der Waals surface area contributed by atoms with Gasteiger partial charge in [-0.25, -0.2) is 0 Å². The van der Waals surface area contributed by atoms with Crippen LogP contribution in [0.15, 0.2) is 16.5 Å². The van der Waals surface area contributed by atoms with Gasteiger partial charge >= 0.3 is 0 Å². The second-order valence-corrected chi connectivity index (χ2v) is 3.16. The van der Waals surface area contributed by atoms with Crippen LogP contribution in [0.4, 0.5) is 5.69 Å². The third-order valence-electron chi connectivity index (χ3n) is 2.33. The molecule has 0 aliphatic rings. The van der Waals surface area contributed by atoms with Crippen molar-refractivity contribution >= 4 is 16.7 Å². The summed E-state index contributed by atoms with van der Waals surface area (Å²) >= 11 is 0. The maximum Gasteiger partial charge on any atom is 0.178 e. The SMILES string of the molecule is Cc1oc2c(O)ccc(N)c2c1C. The molecule has 0 atom stereocenters. The number of hydrogen-bond acceptors (Lipinski definition) is 3. The van der Waals surface area contributed by atoms with E-state index < -0.39 is 0 Å². The second-order valence-electron chi connectivity index (χ2n) is 3.16. The quantitative estimate of drug-likeness (QED) is 0.479. The van der Waals surface area contributed by atoms with E-state index in [4.69, 9.17) is 10.2 Å². The first-order valence-electron chi connectivity index (χ1n) is 4.08. The average Bonchev–Trinajstić information content (AvgIpc) is 2.38. The highest BCUT2D eigenvalue weighted by Gasteiger charge is 2.12. The molecule has 0 bridgehead atoms. The van der Waals surface area contributed by atoms with Crippen LogP contribution in [0.3, 0.4) is 0 Å². The number of fused-ring (bicyclic) bond motifs is 1. The van der Waals surface area contributed by atoms with Crippen molar-refractivity contribution in [2.45, 2.75) is 13.8 Å². The van der Waals surface area contributed by atoms with Gasteiger partial charge in [-0.05, 0) is 26.0 Å². The lowest BCUT2D eigenvalue weighted by Gasteiger charge is -1.97. The summed E-state index contributed by atoms with van der Waals surface area (Å²) in [6.45, 7) is 3.78. The van der Waals surface area contributed by atoms with Crippen molar-refractivity contribution in [1.82, 2.24) is 0 Å². The van der Waals surface area contributed by atoms with E-state index in [1.54, 1.807) is 12.1 Å². The van der Waals surface area contributed by atoms with Crippen LogP contribution >= 0.6 is 0 Å². The van der Waals surface area contributed by atoms with Gasteiger partial charge in [-0.2, -0.15) is 0 Å². The highest BCUT2D eigenvalue weighted by molar-refractivity contribution is 5.96. The van der Waals surface area contributed by atoms with Crippen LogP contribution in [0.25, 0.3) is 11.0 Å². The summed E-state index contributed by atoms with van der Waals surface area (Å²) in [6.07, 6.45) is 0. The van der Waals surface area contributed by atoms with E-state index in [1.165, 1.54) is 0 Å². The molecular weight excluding hydrogens is 166 g/mol. The molecule has 0 aliphatic carbocycles. The molecule has 68 valence electrons. The van der Waals surface area contributed by atoms with E-state index in [-0.39, 0.29) is 5.75 Å². The topological polar surface area (TPSA) is 59.4 Å². The Morgan fingerprint density at radius 1 is 1.31 bits per heavy atom. The molecule has 2 aromatic rings. The van der Waals surface area contributed by atoms with Crippen molar-refractivity contribution in [2.24, 2.45) is 0 Å². The van der Waals surface area contributed by atoms with Crippen molar-refractivity contribution in [3.8, 4) is 5.75 Å². The molecule has 3 nitrogen and oxygen atoms in total. The standard InChI is InChI=1S/C10H11NO2/c1-5-6(2)13-10-8(12)4-3-7(11)9(5)10/h3-4,12H,11H2,1-2H3. The number of furan rings is 1. The molecule has 0 unspecified atom stereocenters. The van der Waals surface area contributed by atoms with Gasteiger partial charge in [0.1, 0.15) is 5.76 Å². The molecular formula is C10H11NO2. The van der Waals surface area contributed by atoms with Gasteiger partial charge in [0.25, 0.3) is 0 Å². The van der Waals surface area contributed by atoms with Gasteiger partial charge in [0.05, 0.1) is 5.39 Å². The third-order valence-corrected chi connectivity index (χ3v) is 2.33. The van der Waals surface area contributed by atoms with E-state index in [0.29, 0.717) is 11.3 Å². The number of rotatable bonds is 0. The van der Waals surface area contributed by atoms with Crippen LogP contribution in [0.5, 0.6) is 5.75 Å². The van der Waals surface area contributed by atoms with Crippen molar-refractivity contribution in [2.75, 3.05) is 5.73 Å². The fraction of sp³-hybridized carbons (Fsp3) is 0.200. The number of aromatic hydroxyl groups is 1. The van der Waals surface area contributed by atoms with Gasteiger partial charge in [-0.15, -0.1) is 0 Å². The fourth-order valence-electron chi connectivity index (χ4n) is 1.48. The van der Waals surface area contributed by atoms with Crippen LogP contribution in [-0.2, 0) is 0 Å². The van der Waals surface area contributed by atoms with Crippen LogP contribution < -0.4 is 5.73 Å². The van der Waals surface area contributed by atoms with Crippen molar-refractivity contribution < 1.29 is 9.52 Å². The number of phenolic OH excluding ortho intramolecular Hbond substituents is 1. The molecule has 0 saturated heterocycles. The Morgan fingerprint density at radius 2 is 2.00 bits per heavy atom. The Kier molecular flexibility index (Phi) is 1.49. The molecule has 1 heterocycles. The Bertz CT molecular complexity index is 471. The highest BCUT2D eigenvalue weighted by atomic mass is 16.4. The minimum Gasteiger partial charge on any atom is -0.504 e.